The number of para-hydroxylation sites is 1. The Balaban J connectivity index is 2.30. The number of alkyl halides is 3. The molecule has 0 bridgehead atoms. The summed E-state index contributed by atoms with van der Waals surface area (Å²) in [6.07, 6.45) is -3.78. The van der Waals surface area contributed by atoms with Crippen LogP contribution in [0.3, 0.4) is 0 Å². The van der Waals surface area contributed by atoms with Crippen molar-refractivity contribution >= 4 is 22.5 Å². The van der Waals surface area contributed by atoms with E-state index in [1.165, 1.54) is 6.07 Å². The Morgan fingerprint density at radius 1 is 1.13 bits per heavy atom. The normalized spacial score (nSPS) is 11.9. The van der Waals surface area contributed by atoms with E-state index in [-0.39, 0.29) is 11.3 Å². The van der Waals surface area contributed by atoms with E-state index in [9.17, 15) is 13.2 Å². The summed E-state index contributed by atoms with van der Waals surface area (Å²) in [6, 6.07) is 9.96. The predicted octanol–water partition coefficient (Wildman–Crippen LogP) is 5.36. The van der Waals surface area contributed by atoms with Crippen molar-refractivity contribution in [2.75, 3.05) is 0 Å². The lowest BCUT2D eigenvalue weighted by atomic mass is 10.00. The molecule has 0 aliphatic heterocycles. The SMILES string of the molecule is Cc1ncccc1-c1nc2c(Cl)cccc2cc1CC(F)(F)F. The van der Waals surface area contributed by atoms with Gasteiger partial charge in [-0.3, -0.25) is 4.98 Å². The van der Waals surface area contributed by atoms with Crippen molar-refractivity contribution in [2.45, 2.75) is 19.5 Å². The van der Waals surface area contributed by atoms with Crippen LogP contribution in [0.4, 0.5) is 13.2 Å². The van der Waals surface area contributed by atoms with E-state index in [1.54, 1.807) is 43.5 Å². The molecule has 0 aliphatic rings. The van der Waals surface area contributed by atoms with E-state index in [2.05, 4.69) is 9.97 Å². The molecule has 0 atom stereocenters. The van der Waals surface area contributed by atoms with Gasteiger partial charge >= 0.3 is 6.18 Å². The third-order valence-electron chi connectivity index (χ3n) is 3.53. The Kier molecular flexibility index (Phi) is 3.98. The monoisotopic (exact) mass is 336 g/mol. The molecule has 0 spiro atoms. The van der Waals surface area contributed by atoms with Crippen LogP contribution in [0, 0.1) is 6.92 Å². The Bertz CT molecular complexity index is 875. The Morgan fingerprint density at radius 3 is 2.61 bits per heavy atom. The summed E-state index contributed by atoms with van der Waals surface area (Å²) in [4.78, 5) is 8.56. The van der Waals surface area contributed by atoms with E-state index in [1.807, 2.05) is 0 Å². The number of benzene rings is 1. The standard InChI is InChI=1S/C17H12ClF3N2/c1-10-13(5-3-7-22-10)15-12(9-17(19,20)21)8-11-4-2-6-14(18)16(11)23-15/h2-8H,9H2,1H3. The van der Waals surface area contributed by atoms with Gasteiger partial charge in [-0.05, 0) is 36.8 Å². The first-order valence-corrected chi connectivity index (χ1v) is 7.30. The average Bonchev–Trinajstić information content (AvgIpc) is 2.46. The molecule has 0 unspecified atom stereocenters. The van der Waals surface area contributed by atoms with Gasteiger partial charge in [0.2, 0.25) is 0 Å². The summed E-state index contributed by atoms with van der Waals surface area (Å²) in [6.45, 7) is 1.74. The van der Waals surface area contributed by atoms with Crippen molar-refractivity contribution in [3.63, 3.8) is 0 Å². The van der Waals surface area contributed by atoms with Gasteiger partial charge in [0.15, 0.2) is 0 Å². The quantitative estimate of drug-likeness (QED) is 0.629. The highest BCUT2D eigenvalue weighted by Gasteiger charge is 2.30. The Labute approximate surface area is 136 Å². The number of rotatable bonds is 2. The zero-order valence-electron chi connectivity index (χ0n) is 12.2. The molecular formula is C17H12ClF3N2. The second kappa shape index (κ2) is 5.81. The molecule has 2 nitrogen and oxygen atoms in total. The van der Waals surface area contributed by atoms with Gasteiger partial charge in [-0.25, -0.2) is 4.98 Å². The van der Waals surface area contributed by atoms with Crippen molar-refractivity contribution in [1.29, 1.82) is 0 Å². The van der Waals surface area contributed by atoms with E-state index < -0.39 is 12.6 Å². The summed E-state index contributed by atoms with van der Waals surface area (Å²) < 4.78 is 38.8. The number of hydrogen-bond acceptors (Lipinski definition) is 2. The molecule has 0 saturated carbocycles. The van der Waals surface area contributed by atoms with E-state index in [4.69, 9.17) is 11.6 Å². The van der Waals surface area contributed by atoms with Crippen LogP contribution in [0.15, 0.2) is 42.6 Å². The van der Waals surface area contributed by atoms with Crippen LogP contribution in [0.5, 0.6) is 0 Å². The Hall–Kier alpha value is -2.14. The number of nitrogens with zero attached hydrogens (tertiary/aromatic N) is 2. The maximum Gasteiger partial charge on any atom is 0.393 e. The molecule has 0 radical (unpaired) electrons. The molecule has 1 aromatic carbocycles. The minimum Gasteiger partial charge on any atom is -0.261 e. The van der Waals surface area contributed by atoms with Crippen molar-refractivity contribution < 1.29 is 13.2 Å². The molecule has 3 rings (SSSR count). The van der Waals surface area contributed by atoms with E-state index in [0.717, 1.165) is 0 Å². The van der Waals surface area contributed by atoms with Gasteiger partial charge in [-0.15, -0.1) is 0 Å². The zero-order chi connectivity index (χ0) is 16.6. The van der Waals surface area contributed by atoms with Crippen molar-refractivity contribution in [3.8, 4) is 11.3 Å². The summed E-state index contributed by atoms with van der Waals surface area (Å²) in [5.74, 6) is 0. The molecule has 6 heteroatoms. The van der Waals surface area contributed by atoms with Gasteiger partial charge in [0.05, 0.1) is 22.7 Å². The number of aryl methyl sites for hydroxylation is 1. The number of fused-ring (bicyclic) bond motifs is 1. The minimum atomic E-state index is -4.32. The summed E-state index contributed by atoms with van der Waals surface area (Å²) in [5, 5.41) is 0.992. The minimum absolute atomic E-state index is 0.114. The largest absolute Gasteiger partial charge is 0.393 e. The van der Waals surface area contributed by atoms with Gasteiger partial charge in [0.1, 0.15) is 0 Å². The van der Waals surface area contributed by atoms with Crippen molar-refractivity contribution in [3.05, 3.63) is 58.9 Å². The lowest BCUT2D eigenvalue weighted by Gasteiger charge is -2.14. The lowest BCUT2D eigenvalue weighted by Crippen LogP contribution is -2.13. The van der Waals surface area contributed by atoms with Crippen LogP contribution >= 0.6 is 11.6 Å². The Morgan fingerprint density at radius 2 is 1.91 bits per heavy atom. The van der Waals surface area contributed by atoms with Gasteiger partial charge in [-0.2, -0.15) is 13.2 Å². The fourth-order valence-electron chi connectivity index (χ4n) is 2.52. The topological polar surface area (TPSA) is 25.8 Å². The van der Waals surface area contributed by atoms with Crippen molar-refractivity contribution in [2.24, 2.45) is 0 Å². The summed E-state index contributed by atoms with van der Waals surface area (Å²) >= 11 is 6.14. The molecule has 3 aromatic rings. The van der Waals surface area contributed by atoms with Gasteiger partial charge in [-0.1, -0.05) is 23.7 Å². The van der Waals surface area contributed by atoms with Crippen LogP contribution in [0.2, 0.25) is 5.02 Å². The van der Waals surface area contributed by atoms with Crippen LogP contribution in [-0.4, -0.2) is 16.1 Å². The van der Waals surface area contributed by atoms with E-state index >= 15 is 0 Å². The molecular weight excluding hydrogens is 325 g/mol. The molecule has 2 heterocycles. The summed E-state index contributed by atoms with van der Waals surface area (Å²) in [7, 11) is 0. The summed E-state index contributed by atoms with van der Waals surface area (Å²) in [5.41, 5.74) is 2.07. The number of aromatic nitrogens is 2. The fourth-order valence-corrected chi connectivity index (χ4v) is 2.75. The fraction of sp³-hybridized carbons (Fsp3) is 0.176. The highest BCUT2D eigenvalue weighted by molar-refractivity contribution is 6.35. The third kappa shape index (κ3) is 3.29. The number of hydrogen-bond donors (Lipinski definition) is 0. The van der Waals surface area contributed by atoms with Gasteiger partial charge in [0.25, 0.3) is 0 Å². The maximum absolute atomic E-state index is 12.9. The molecule has 0 fully saturated rings. The van der Waals surface area contributed by atoms with Crippen LogP contribution in [-0.2, 0) is 6.42 Å². The van der Waals surface area contributed by atoms with Gasteiger partial charge < -0.3 is 0 Å². The second-order valence-corrected chi connectivity index (χ2v) is 5.64. The lowest BCUT2D eigenvalue weighted by molar-refractivity contribution is -0.127. The predicted molar refractivity (Wildman–Crippen MR) is 84.5 cm³/mol. The smallest absolute Gasteiger partial charge is 0.261 e. The van der Waals surface area contributed by atoms with Crippen molar-refractivity contribution in [1.82, 2.24) is 9.97 Å². The molecule has 0 amide bonds. The first kappa shape index (κ1) is 15.7. The molecule has 118 valence electrons. The average molecular weight is 337 g/mol. The molecule has 0 aliphatic carbocycles. The maximum atomic E-state index is 12.9. The molecule has 23 heavy (non-hydrogen) atoms. The second-order valence-electron chi connectivity index (χ2n) is 5.24. The van der Waals surface area contributed by atoms with Crippen LogP contribution < -0.4 is 0 Å². The first-order chi connectivity index (χ1) is 10.8. The molecule has 2 aromatic heterocycles. The molecule has 0 saturated heterocycles. The zero-order valence-corrected chi connectivity index (χ0v) is 12.9. The third-order valence-corrected chi connectivity index (χ3v) is 3.83. The van der Waals surface area contributed by atoms with E-state index in [0.29, 0.717) is 27.2 Å². The number of pyridine rings is 2. The molecule has 0 N–H and O–H groups in total. The number of halogens is 4. The first-order valence-electron chi connectivity index (χ1n) is 6.92. The van der Waals surface area contributed by atoms with Crippen LogP contribution in [0.1, 0.15) is 11.3 Å². The highest BCUT2D eigenvalue weighted by Crippen LogP contribution is 2.33. The highest BCUT2D eigenvalue weighted by atomic mass is 35.5. The van der Waals surface area contributed by atoms with Gasteiger partial charge in [0, 0.05) is 22.8 Å². The van der Waals surface area contributed by atoms with Crippen LogP contribution in [0.25, 0.3) is 22.2 Å².